The third-order valence-corrected chi connectivity index (χ3v) is 4.74. The van der Waals surface area contributed by atoms with Gasteiger partial charge in [0.2, 0.25) is 5.91 Å². The molecule has 3 aromatic rings. The molecule has 2 heterocycles. The van der Waals surface area contributed by atoms with Gasteiger partial charge in [0, 0.05) is 37.6 Å². The van der Waals surface area contributed by atoms with Crippen molar-refractivity contribution in [3.8, 4) is 17.1 Å². The lowest BCUT2D eigenvalue weighted by molar-refractivity contribution is -0.133. The van der Waals surface area contributed by atoms with Gasteiger partial charge in [-0.25, -0.2) is 4.98 Å². The molecule has 0 radical (unpaired) electrons. The van der Waals surface area contributed by atoms with Crippen LogP contribution in [0.4, 0.5) is 0 Å². The number of carbonyl (C=O) groups excluding carboxylic acids is 2. The molecule has 2 amide bonds. The molecule has 4 rings (SSSR count). The predicted octanol–water partition coefficient (Wildman–Crippen LogP) is 2.45. The van der Waals surface area contributed by atoms with Crippen LogP contribution in [0.3, 0.4) is 0 Å². The van der Waals surface area contributed by atoms with Gasteiger partial charge in [-0.2, -0.15) is 0 Å². The molecule has 6 heteroatoms. The van der Waals surface area contributed by atoms with Crippen LogP contribution in [0.2, 0.25) is 0 Å². The van der Waals surface area contributed by atoms with Crippen LogP contribution in [0.1, 0.15) is 10.5 Å². The fourth-order valence-electron chi connectivity index (χ4n) is 3.15. The first kappa shape index (κ1) is 17.0. The van der Waals surface area contributed by atoms with Crippen molar-refractivity contribution in [3.05, 3.63) is 72.6 Å². The number of nitrogens with zero attached hydrogens (tertiary/aromatic N) is 4. The Balaban J connectivity index is 1.73. The van der Waals surface area contributed by atoms with Gasteiger partial charge in [0.25, 0.3) is 5.91 Å². The molecule has 27 heavy (non-hydrogen) atoms. The van der Waals surface area contributed by atoms with Crippen molar-refractivity contribution in [2.24, 2.45) is 0 Å². The number of amides is 2. The third-order valence-electron chi connectivity index (χ3n) is 4.74. The van der Waals surface area contributed by atoms with E-state index in [4.69, 9.17) is 0 Å². The Morgan fingerprint density at radius 3 is 2.30 bits per heavy atom. The fraction of sp³-hybridized carbons (Fsp3) is 0.190. The number of imidazole rings is 1. The van der Waals surface area contributed by atoms with Gasteiger partial charge in [-0.1, -0.05) is 48.5 Å². The molecule has 0 saturated carbocycles. The van der Waals surface area contributed by atoms with Gasteiger partial charge >= 0.3 is 0 Å². The Morgan fingerprint density at radius 2 is 1.63 bits per heavy atom. The minimum atomic E-state index is -0.219. The van der Waals surface area contributed by atoms with Crippen molar-refractivity contribution in [1.82, 2.24) is 19.4 Å². The largest absolute Gasteiger partial charge is 0.342 e. The number of para-hydroxylation sites is 1. The molecule has 1 aromatic heterocycles. The average molecular weight is 360 g/mol. The van der Waals surface area contributed by atoms with Crippen molar-refractivity contribution < 1.29 is 9.59 Å². The van der Waals surface area contributed by atoms with E-state index in [9.17, 15) is 9.59 Å². The van der Waals surface area contributed by atoms with E-state index in [1.54, 1.807) is 23.0 Å². The lowest BCUT2D eigenvalue weighted by Crippen LogP contribution is -2.50. The number of hydrogen-bond donors (Lipinski definition) is 0. The van der Waals surface area contributed by atoms with Crippen LogP contribution in [0.15, 0.2) is 66.9 Å². The van der Waals surface area contributed by atoms with Gasteiger partial charge in [0.1, 0.15) is 18.1 Å². The van der Waals surface area contributed by atoms with Crippen molar-refractivity contribution in [2.45, 2.75) is 0 Å². The van der Waals surface area contributed by atoms with Crippen molar-refractivity contribution in [1.29, 1.82) is 0 Å². The molecule has 136 valence electrons. The summed E-state index contributed by atoms with van der Waals surface area (Å²) in [4.78, 5) is 32.7. The van der Waals surface area contributed by atoms with E-state index in [-0.39, 0.29) is 18.4 Å². The molecule has 0 aliphatic carbocycles. The van der Waals surface area contributed by atoms with Crippen LogP contribution in [0.25, 0.3) is 17.1 Å². The SMILES string of the molecule is CN1CCN(C(=O)c2cn(-c3ccccc3)c(-c3ccccc3)n2)CC1=O. The van der Waals surface area contributed by atoms with Crippen LogP contribution in [-0.4, -0.2) is 57.8 Å². The molecule has 0 bridgehead atoms. The second-order valence-corrected chi connectivity index (χ2v) is 6.56. The Labute approximate surface area is 157 Å². The lowest BCUT2D eigenvalue weighted by atomic mass is 10.2. The van der Waals surface area contributed by atoms with Crippen LogP contribution in [0.5, 0.6) is 0 Å². The zero-order valence-corrected chi connectivity index (χ0v) is 15.1. The molecular formula is C21H20N4O2. The number of hydrogen-bond acceptors (Lipinski definition) is 3. The standard InChI is InChI=1S/C21H20N4O2/c1-23-12-13-24(15-19(23)26)21(27)18-14-25(17-10-6-3-7-11-17)20(22-18)16-8-4-2-5-9-16/h2-11,14H,12-13,15H2,1H3. The Kier molecular flexibility index (Phi) is 4.46. The summed E-state index contributed by atoms with van der Waals surface area (Å²) in [7, 11) is 1.75. The minimum Gasteiger partial charge on any atom is -0.342 e. The van der Waals surface area contributed by atoms with E-state index in [1.165, 1.54) is 0 Å². The fourth-order valence-corrected chi connectivity index (χ4v) is 3.15. The third kappa shape index (κ3) is 3.33. The highest BCUT2D eigenvalue weighted by atomic mass is 16.2. The summed E-state index contributed by atoms with van der Waals surface area (Å²) in [6, 6.07) is 19.6. The summed E-state index contributed by atoms with van der Waals surface area (Å²) in [6.45, 7) is 1.14. The number of rotatable bonds is 3. The van der Waals surface area contributed by atoms with Crippen molar-refractivity contribution in [3.63, 3.8) is 0 Å². The molecule has 0 N–H and O–H groups in total. The highest BCUT2D eigenvalue weighted by Gasteiger charge is 2.28. The molecule has 6 nitrogen and oxygen atoms in total. The number of likely N-dealkylation sites (N-methyl/N-ethyl adjacent to an activating group) is 1. The summed E-state index contributed by atoms with van der Waals surface area (Å²) >= 11 is 0. The van der Waals surface area contributed by atoms with Gasteiger partial charge < -0.3 is 9.80 Å². The first-order chi connectivity index (χ1) is 13.1. The maximum absolute atomic E-state index is 13.0. The Bertz CT molecular complexity index is 909. The van der Waals surface area contributed by atoms with Gasteiger partial charge in [-0.05, 0) is 12.1 Å². The van der Waals surface area contributed by atoms with E-state index in [0.29, 0.717) is 24.6 Å². The van der Waals surface area contributed by atoms with Gasteiger partial charge in [-0.3, -0.25) is 14.2 Å². The molecule has 1 aliphatic rings. The van der Waals surface area contributed by atoms with Gasteiger partial charge in [-0.15, -0.1) is 0 Å². The zero-order chi connectivity index (χ0) is 18.8. The normalized spacial score (nSPS) is 14.5. The van der Waals surface area contributed by atoms with E-state index in [0.717, 1.165) is 11.3 Å². The minimum absolute atomic E-state index is 0.0552. The lowest BCUT2D eigenvalue weighted by Gasteiger charge is -2.31. The summed E-state index contributed by atoms with van der Waals surface area (Å²) in [5.41, 5.74) is 2.20. The highest BCUT2D eigenvalue weighted by molar-refractivity contribution is 5.96. The quantitative estimate of drug-likeness (QED) is 0.721. The van der Waals surface area contributed by atoms with Crippen LogP contribution >= 0.6 is 0 Å². The monoisotopic (exact) mass is 360 g/mol. The molecule has 0 spiro atoms. The second-order valence-electron chi connectivity index (χ2n) is 6.56. The summed E-state index contributed by atoms with van der Waals surface area (Å²) in [5, 5.41) is 0. The predicted molar refractivity (Wildman–Crippen MR) is 103 cm³/mol. The van der Waals surface area contributed by atoms with Crippen LogP contribution in [-0.2, 0) is 4.79 Å². The molecule has 1 fully saturated rings. The summed E-state index contributed by atoms with van der Waals surface area (Å²) in [5.74, 6) is 0.425. The first-order valence-corrected chi connectivity index (χ1v) is 8.87. The van der Waals surface area contributed by atoms with E-state index in [1.807, 2.05) is 65.2 Å². The van der Waals surface area contributed by atoms with Crippen molar-refractivity contribution >= 4 is 11.8 Å². The molecule has 2 aromatic carbocycles. The first-order valence-electron chi connectivity index (χ1n) is 8.87. The van der Waals surface area contributed by atoms with Crippen LogP contribution < -0.4 is 0 Å². The topological polar surface area (TPSA) is 58.4 Å². The highest BCUT2D eigenvalue weighted by Crippen LogP contribution is 2.23. The summed E-state index contributed by atoms with van der Waals surface area (Å²) in [6.07, 6.45) is 1.75. The molecular weight excluding hydrogens is 340 g/mol. The molecule has 0 unspecified atom stereocenters. The summed E-state index contributed by atoms with van der Waals surface area (Å²) < 4.78 is 1.92. The van der Waals surface area contributed by atoms with Crippen LogP contribution in [0, 0.1) is 0 Å². The molecule has 1 aliphatic heterocycles. The number of aromatic nitrogens is 2. The smallest absolute Gasteiger partial charge is 0.274 e. The van der Waals surface area contributed by atoms with E-state index >= 15 is 0 Å². The Morgan fingerprint density at radius 1 is 0.963 bits per heavy atom. The number of benzene rings is 2. The number of piperazine rings is 1. The van der Waals surface area contributed by atoms with E-state index in [2.05, 4.69) is 4.98 Å². The van der Waals surface area contributed by atoms with E-state index < -0.39 is 0 Å². The van der Waals surface area contributed by atoms with Gasteiger partial charge in [0.05, 0.1) is 0 Å². The zero-order valence-electron chi connectivity index (χ0n) is 15.1. The maximum Gasteiger partial charge on any atom is 0.274 e. The maximum atomic E-state index is 13.0. The second kappa shape index (κ2) is 7.07. The number of carbonyl (C=O) groups is 2. The molecule has 0 atom stereocenters. The van der Waals surface area contributed by atoms with Crippen molar-refractivity contribution in [2.75, 3.05) is 26.7 Å². The average Bonchev–Trinajstić information content (AvgIpc) is 3.16. The Hall–Kier alpha value is -3.41. The van der Waals surface area contributed by atoms with Gasteiger partial charge in [0.15, 0.2) is 0 Å². The molecule has 1 saturated heterocycles.